The van der Waals surface area contributed by atoms with Crippen molar-refractivity contribution in [2.75, 3.05) is 6.54 Å². The summed E-state index contributed by atoms with van der Waals surface area (Å²) in [5, 5.41) is 9.09. The fourth-order valence-corrected chi connectivity index (χ4v) is 2.36. The van der Waals surface area contributed by atoms with E-state index in [0.717, 1.165) is 18.7 Å². The molecule has 2 rings (SSSR count). The van der Waals surface area contributed by atoms with E-state index in [2.05, 4.69) is 24.0 Å². The summed E-state index contributed by atoms with van der Waals surface area (Å²) in [6.45, 7) is 5.75. The van der Waals surface area contributed by atoms with Gasteiger partial charge >= 0.3 is 0 Å². The third-order valence-electron chi connectivity index (χ3n) is 3.32. The Morgan fingerprint density at radius 3 is 2.75 bits per heavy atom. The fraction of sp³-hybridized carbons (Fsp3) is 0.571. The van der Waals surface area contributed by atoms with Crippen LogP contribution in [0.5, 0.6) is 0 Å². The van der Waals surface area contributed by atoms with Gasteiger partial charge in [0.2, 0.25) is 0 Å². The molecule has 0 unspecified atom stereocenters. The molecule has 0 aromatic heterocycles. The molecular formula is C14H21NO. The van der Waals surface area contributed by atoms with Gasteiger partial charge in [0, 0.05) is 13.1 Å². The highest BCUT2D eigenvalue weighted by Crippen LogP contribution is 2.24. The largest absolute Gasteiger partial charge is 0.392 e. The molecule has 0 amide bonds. The normalized spacial score (nSPS) is 15.4. The number of hydrogen-bond donors (Lipinski definition) is 1. The minimum Gasteiger partial charge on any atom is -0.392 e. The first-order valence-corrected chi connectivity index (χ1v) is 6.27. The summed E-state index contributed by atoms with van der Waals surface area (Å²) in [7, 11) is 0. The van der Waals surface area contributed by atoms with Gasteiger partial charge in [-0.05, 0) is 29.7 Å². The molecule has 0 aliphatic carbocycles. The number of hydrogen-bond acceptors (Lipinski definition) is 2. The maximum atomic E-state index is 9.09. The van der Waals surface area contributed by atoms with Crippen molar-refractivity contribution < 1.29 is 5.11 Å². The van der Waals surface area contributed by atoms with Crippen LogP contribution in [0.4, 0.5) is 0 Å². The van der Waals surface area contributed by atoms with E-state index in [-0.39, 0.29) is 6.61 Å². The van der Waals surface area contributed by atoms with Gasteiger partial charge in [-0.2, -0.15) is 0 Å². The van der Waals surface area contributed by atoms with Crippen molar-refractivity contribution in [3.05, 3.63) is 34.9 Å². The van der Waals surface area contributed by atoms with Crippen LogP contribution in [0.3, 0.4) is 0 Å². The molecule has 16 heavy (non-hydrogen) atoms. The predicted octanol–water partition coefficient (Wildman–Crippen LogP) is 2.68. The van der Waals surface area contributed by atoms with Crippen LogP contribution >= 0.6 is 0 Å². The number of fused-ring (bicyclic) bond motifs is 1. The first-order chi connectivity index (χ1) is 7.83. The highest BCUT2D eigenvalue weighted by Gasteiger charge is 2.18. The van der Waals surface area contributed by atoms with Crippen LogP contribution in [0.15, 0.2) is 18.2 Å². The van der Waals surface area contributed by atoms with E-state index >= 15 is 0 Å². The summed E-state index contributed by atoms with van der Waals surface area (Å²) in [5.41, 5.74) is 3.88. The average molecular weight is 219 g/mol. The second-order valence-corrected chi connectivity index (χ2v) is 4.68. The Labute approximate surface area is 97.9 Å². The lowest BCUT2D eigenvalue weighted by Crippen LogP contribution is -2.17. The molecule has 0 saturated heterocycles. The van der Waals surface area contributed by atoms with Crippen LogP contribution < -0.4 is 0 Å². The lowest BCUT2D eigenvalue weighted by Gasteiger charge is -2.13. The summed E-state index contributed by atoms with van der Waals surface area (Å²) < 4.78 is 0. The number of benzene rings is 1. The molecule has 1 aromatic rings. The molecule has 0 saturated carbocycles. The molecular weight excluding hydrogens is 198 g/mol. The Hall–Kier alpha value is -0.860. The Balaban J connectivity index is 1.93. The molecule has 2 heteroatoms. The van der Waals surface area contributed by atoms with Gasteiger partial charge in [0.15, 0.2) is 0 Å². The quantitative estimate of drug-likeness (QED) is 0.770. The van der Waals surface area contributed by atoms with Crippen LogP contribution in [-0.2, 0) is 19.7 Å². The lowest BCUT2D eigenvalue weighted by molar-refractivity contribution is 0.276. The van der Waals surface area contributed by atoms with Crippen LogP contribution in [0.1, 0.15) is 42.9 Å². The zero-order valence-corrected chi connectivity index (χ0v) is 10.1. The number of rotatable bonds is 5. The molecule has 1 heterocycles. The second kappa shape index (κ2) is 5.46. The van der Waals surface area contributed by atoms with Gasteiger partial charge in [-0.25, -0.2) is 0 Å². The number of aliphatic hydroxyl groups is 1. The maximum absolute atomic E-state index is 9.09. The Kier molecular flexibility index (Phi) is 3.97. The lowest BCUT2D eigenvalue weighted by atomic mass is 10.1. The molecule has 0 fully saturated rings. The zero-order valence-electron chi connectivity index (χ0n) is 10.1. The minimum atomic E-state index is 0.156. The standard InChI is InChI=1S/C14H21NO/c1-2-3-4-7-15-9-13-6-5-12(11-16)8-14(13)10-15/h5-6,8,16H,2-4,7,9-11H2,1H3. The number of unbranched alkanes of at least 4 members (excludes halogenated alkanes) is 2. The molecule has 1 aliphatic rings. The van der Waals surface area contributed by atoms with Crippen molar-refractivity contribution >= 4 is 0 Å². The van der Waals surface area contributed by atoms with E-state index in [1.54, 1.807) is 0 Å². The summed E-state index contributed by atoms with van der Waals surface area (Å²) in [4.78, 5) is 2.50. The number of nitrogens with zero attached hydrogens (tertiary/aromatic N) is 1. The molecule has 2 nitrogen and oxygen atoms in total. The van der Waals surface area contributed by atoms with Crippen LogP contribution in [0.2, 0.25) is 0 Å². The van der Waals surface area contributed by atoms with E-state index in [1.165, 1.54) is 36.9 Å². The Bertz CT molecular complexity index is 349. The summed E-state index contributed by atoms with van der Waals surface area (Å²) >= 11 is 0. The van der Waals surface area contributed by atoms with Gasteiger partial charge in [-0.3, -0.25) is 4.90 Å². The van der Waals surface area contributed by atoms with E-state index in [9.17, 15) is 0 Å². The topological polar surface area (TPSA) is 23.5 Å². The summed E-state index contributed by atoms with van der Waals surface area (Å²) in [6.07, 6.45) is 3.92. The van der Waals surface area contributed by atoms with Gasteiger partial charge in [0.05, 0.1) is 6.61 Å². The van der Waals surface area contributed by atoms with Crippen LogP contribution in [0.25, 0.3) is 0 Å². The molecule has 0 spiro atoms. The zero-order chi connectivity index (χ0) is 11.4. The van der Waals surface area contributed by atoms with Gasteiger partial charge in [-0.15, -0.1) is 0 Å². The summed E-state index contributed by atoms with van der Waals surface area (Å²) in [6, 6.07) is 6.35. The molecule has 0 bridgehead atoms. The van der Waals surface area contributed by atoms with Crippen molar-refractivity contribution in [2.24, 2.45) is 0 Å². The molecule has 1 aliphatic heterocycles. The van der Waals surface area contributed by atoms with Crippen molar-refractivity contribution in [1.29, 1.82) is 0 Å². The van der Waals surface area contributed by atoms with E-state index < -0.39 is 0 Å². The SMILES string of the molecule is CCCCCN1Cc2ccc(CO)cc2C1. The first-order valence-electron chi connectivity index (χ1n) is 6.27. The van der Waals surface area contributed by atoms with Crippen molar-refractivity contribution in [3.63, 3.8) is 0 Å². The monoisotopic (exact) mass is 219 g/mol. The third kappa shape index (κ3) is 2.63. The first kappa shape index (κ1) is 11.6. The molecule has 1 N–H and O–H groups in total. The molecule has 1 aromatic carbocycles. The van der Waals surface area contributed by atoms with Crippen molar-refractivity contribution in [3.8, 4) is 0 Å². The van der Waals surface area contributed by atoms with Gasteiger partial charge in [0.1, 0.15) is 0 Å². The van der Waals surface area contributed by atoms with E-state index in [1.807, 2.05) is 6.07 Å². The Morgan fingerprint density at radius 1 is 1.19 bits per heavy atom. The van der Waals surface area contributed by atoms with Crippen LogP contribution in [-0.4, -0.2) is 16.6 Å². The van der Waals surface area contributed by atoms with Gasteiger partial charge < -0.3 is 5.11 Å². The number of aliphatic hydroxyl groups excluding tert-OH is 1. The average Bonchev–Trinajstić information content (AvgIpc) is 2.70. The smallest absolute Gasteiger partial charge is 0.0681 e. The van der Waals surface area contributed by atoms with Crippen molar-refractivity contribution in [1.82, 2.24) is 4.90 Å². The molecule has 88 valence electrons. The minimum absolute atomic E-state index is 0.156. The highest BCUT2D eigenvalue weighted by molar-refractivity contribution is 5.34. The molecule has 0 atom stereocenters. The van der Waals surface area contributed by atoms with E-state index in [0.29, 0.717) is 0 Å². The predicted molar refractivity (Wildman–Crippen MR) is 66.0 cm³/mol. The van der Waals surface area contributed by atoms with E-state index in [4.69, 9.17) is 5.11 Å². The molecule has 0 radical (unpaired) electrons. The second-order valence-electron chi connectivity index (χ2n) is 4.68. The maximum Gasteiger partial charge on any atom is 0.0681 e. The third-order valence-corrected chi connectivity index (χ3v) is 3.32. The highest BCUT2D eigenvalue weighted by atomic mass is 16.3. The summed E-state index contributed by atoms with van der Waals surface area (Å²) in [5.74, 6) is 0. The van der Waals surface area contributed by atoms with Crippen LogP contribution in [0, 0.1) is 0 Å². The Morgan fingerprint density at radius 2 is 2.00 bits per heavy atom. The fourth-order valence-electron chi connectivity index (χ4n) is 2.36. The van der Waals surface area contributed by atoms with Gasteiger partial charge in [0.25, 0.3) is 0 Å². The van der Waals surface area contributed by atoms with Crippen molar-refractivity contribution in [2.45, 2.75) is 45.9 Å². The van der Waals surface area contributed by atoms with Gasteiger partial charge in [-0.1, -0.05) is 38.0 Å².